The average Bonchev–Trinajstić information content (AvgIpc) is 2.96. The zero-order valence-electron chi connectivity index (χ0n) is 14.4. The number of aliphatic hydroxyl groups excluding tert-OH is 2. The monoisotopic (exact) mass is 325 g/mol. The van der Waals surface area contributed by atoms with E-state index in [1.807, 2.05) is 20.8 Å². The molecule has 0 bridgehead atoms. The van der Waals surface area contributed by atoms with Crippen molar-refractivity contribution in [1.29, 1.82) is 0 Å². The van der Waals surface area contributed by atoms with Crippen molar-refractivity contribution in [3.05, 3.63) is 23.2 Å². The fourth-order valence-corrected chi connectivity index (χ4v) is 2.97. The molecule has 2 rings (SSSR count). The molecule has 0 aliphatic heterocycles. The lowest BCUT2D eigenvalue weighted by Crippen LogP contribution is -2.43. The van der Waals surface area contributed by atoms with Gasteiger partial charge in [-0.15, -0.1) is 0 Å². The molecule has 0 unspecified atom stereocenters. The Balaban J connectivity index is 2.09. The predicted molar refractivity (Wildman–Crippen MR) is 85.4 cm³/mol. The maximum absolute atomic E-state index is 12.5. The summed E-state index contributed by atoms with van der Waals surface area (Å²) in [7, 11) is 1.55. The highest BCUT2D eigenvalue weighted by Gasteiger charge is 2.42. The molecule has 1 amide bonds. The van der Waals surface area contributed by atoms with Crippen LogP contribution in [0.3, 0.4) is 0 Å². The molecular weight excluding hydrogens is 298 g/mol. The molecule has 6 heteroatoms. The second-order valence-electron chi connectivity index (χ2n) is 7.34. The molecule has 0 aromatic carbocycles. The van der Waals surface area contributed by atoms with Crippen LogP contribution in [0.15, 0.2) is 10.5 Å². The lowest BCUT2D eigenvalue weighted by molar-refractivity contribution is -0.00552. The quantitative estimate of drug-likeness (QED) is 0.778. The largest absolute Gasteiger partial charge is 0.465 e. The molecule has 0 saturated heterocycles. The molecule has 1 saturated carbocycles. The van der Waals surface area contributed by atoms with E-state index >= 15 is 0 Å². The number of ether oxygens (including phenoxy) is 1. The van der Waals surface area contributed by atoms with Gasteiger partial charge in [-0.2, -0.15) is 0 Å². The molecular formula is C17H27NO5. The summed E-state index contributed by atoms with van der Waals surface area (Å²) in [5, 5.41) is 22.9. The van der Waals surface area contributed by atoms with Crippen molar-refractivity contribution in [1.82, 2.24) is 5.32 Å². The summed E-state index contributed by atoms with van der Waals surface area (Å²) in [6, 6.07) is 1.25. The van der Waals surface area contributed by atoms with Crippen LogP contribution in [0.5, 0.6) is 0 Å². The van der Waals surface area contributed by atoms with Crippen LogP contribution in [0.25, 0.3) is 0 Å². The van der Waals surface area contributed by atoms with Gasteiger partial charge in [0.1, 0.15) is 17.6 Å². The maximum atomic E-state index is 12.5. The third-order valence-electron chi connectivity index (χ3n) is 4.40. The smallest absolute Gasteiger partial charge is 0.255 e. The molecule has 23 heavy (non-hydrogen) atoms. The predicted octanol–water partition coefficient (Wildman–Crippen LogP) is 1.37. The van der Waals surface area contributed by atoms with Gasteiger partial charge in [-0.1, -0.05) is 20.8 Å². The topological polar surface area (TPSA) is 91.9 Å². The van der Waals surface area contributed by atoms with Crippen molar-refractivity contribution in [3.8, 4) is 0 Å². The summed E-state index contributed by atoms with van der Waals surface area (Å²) in [5.74, 6) is 0.810. The molecule has 6 nitrogen and oxygen atoms in total. The minimum Gasteiger partial charge on any atom is -0.465 e. The number of aryl methyl sites for hydroxylation is 1. The number of carbonyl (C=O) groups is 1. The van der Waals surface area contributed by atoms with Gasteiger partial charge >= 0.3 is 0 Å². The fraction of sp³-hybridized carbons (Fsp3) is 0.706. The van der Waals surface area contributed by atoms with E-state index < -0.39 is 18.2 Å². The highest BCUT2D eigenvalue weighted by Crippen LogP contribution is 2.29. The average molecular weight is 325 g/mol. The Labute approximate surface area is 136 Å². The van der Waals surface area contributed by atoms with Crippen LogP contribution in [0, 0.1) is 12.8 Å². The minimum atomic E-state index is -0.992. The Morgan fingerprint density at radius 3 is 2.57 bits per heavy atom. The van der Waals surface area contributed by atoms with Gasteiger partial charge in [-0.3, -0.25) is 4.79 Å². The SMILES string of the molecule is COC[C@H]1C[C@@H](NC(=O)c2cc(C(C)(C)C)oc2C)[C@H](O)[C@@H]1O. The Morgan fingerprint density at radius 1 is 1.39 bits per heavy atom. The molecule has 4 atom stereocenters. The van der Waals surface area contributed by atoms with E-state index in [9.17, 15) is 15.0 Å². The van der Waals surface area contributed by atoms with Crippen LogP contribution in [-0.2, 0) is 10.2 Å². The number of rotatable bonds is 4. The first-order valence-electron chi connectivity index (χ1n) is 7.92. The molecule has 3 N–H and O–H groups in total. The van der Waals surface area contributed by atoms with Crippen LogP contribution in [0.4, 0.5) is 0 Å². The molecule has 1 aliphatic carbocycles. The molecule has 1 heterocycles. The first kappa shape index (κ1) is 18.0. The molecule has 1 fully saturated rings. The van der Waals surface area contributed by atoms with Crippen molar-refractivity contribution in [2.75, 3.05) is 13.7 Å². The second-order valence-corrected chi connectivity index (χ2v) is 7.34. The zero-order chi connectivity index (χ0) is 17.4. The highest BCUT2D eigenvalue weighted by molar-refractivity contribution is 5.95. The summed E-state index contributed by atoms with van der Waals surface area (Å²) in [4.78, 5) is 12.5. The first-order chi connectivity index (χ1) is 10.6. The van der Waals surface area contributed by atoms with Crippen LogP contribution >= 0.6 is 0 Å². The Morgan fingerprint density at radius 2 is 2.04 bits per heavy atom. The summed E-state index contributed by atoms with van der Waals surface area (Å²) in [6.45, 7) is 8.14. The summed E-state index contributed by atoms with van der Waals surface area (Å²) in [6.07, 6.45) is -1.41. The van der Waals surface area contributed by atoms with Crippen LogP contribution < -0.4 is 5.32 Å². The van der Waals surface area contributed by atoms with Gasteiger partial charge < -0.3 is 24.7 Å². The van der Waals surface area contributed by atoms with E-state index in [-0.39, 0.29) is 17.2 Å². The molecule has 1 aliphatic rings. The number of hydrogen-bond donors (Lipinski definition) is 3. The van der Waals surface area contributed by atoms with Crippen molar-refractivity contribution >= 4 is 5.91 Å². The Hall–Kier alpha value is -1.37. The number of methoxy groups -OCH3 is 1. The van der Waals surface area contributed by atoms with Gasteiger partial charge in [0.2, 0.25) is 0 Å². The van der Waals surface area contributed by atoms with Gasteiger partial charge in [0.15, 0.2) is 0 Å². The number of carbonyl (C=O) groups excluding carboxylic acids is 1. The first-order valence-corrected chi connectivity index (χ1v) is 7.92. The van der Waals surface area contributed by atoms with Gasteiger partial charge in [0.25, 0.3) is 5.91 Å². The minimum absolute atomic E-state index is 0.184. The summed E-state index contributed by atoms with van der Waals surface area (Å²) in [5.41, 5.74) is 0.280. The normalized spacial score (nSPS) is 28.1. The molecule has 130 valence electrons. The summed E-state index contributed by atoms with van der Waals surface area (Å²) >= 11 is 0. The number of nitrogens with one attached hydrogen (secondary N) is 1. The van der Waals surface area contributed by atoms with E-state index in [0.29, 0.717) is 24.4 Å². The molecule has 0 radical (unpaired) electrons. The van der Waals surface area contributed by atoms with E-state index in [4.69, 9.17) is 9.15 Å². The number of amides is 1. The van der Waals surface area contributed by atoms with Crippen LogP contribution in [0.2, 0.25) is 0 Å². The second kappa shape index (κ2) is 6.63. The van der Waals surface area contributed by atoms with Crippen molar-refractivity contribution in [3.63, 3.8) is 0 Å². The van der Waals surface area contributed by atoms with Crippen LogP contribution in [0.1, 0.15) is 49.1 Å². The third kappa shape index (κ3) is 3.76. The standard InChI is InChI=1S/C17H27NO5/c1-9-11(7-13(23-9)17(2,3)4)16(21)18-12-6-10(8-22-5)14(19)15(12)20/h7,10,12,14-15,19-20H,6,8H2,1-5H3,(H,18,21)/t10-,12-,14-,15+/m1/s1. The van der Waals surface area contributed by atoms with Crippen molar-refractivity contribution < 1.29 is 24.2 Å². The van der Waals surface area contributed by atoms with Gasteiger partial charge in [0.05, 0.1) is 24.3 Å². The fourth-order valence-electron chi connectivity index (χ4n) is 2.97. The highest BCUT2D eigenvalue weighted by atomic mass is 16.5. The molecule has 1 aromatic heterocycles. The molecule has 0 spiro atoms. The third-order valence-corrected chi connectivity index (χ3v) is 4.40. The number of aliphatic hydroxyl groups is 2. The Bertz CT molecular complexity index is 560. The van der Waals surface area contributed by atoms with Crippen LogP contribution in [-0.4, -0.2) is 48.1 Å². The number of hydrogen-bond acceptors (Lipinski definition) is 5. The molecule has 1 aromatic rings. The van der Waals surface area contributed by atoms with E-state index in [1.165, 1.54) is 0 Å². The lowest BCUT2D eigenvalue weighted by Gasteiger charge is -2.18. The van der Waals surface area contributed by atoms with Gasteiger partial charge in [0, 0.05) is 18.4 Å². The zero-order valence-corrected chi connectivity index (χ0v) is 14.4. The lowest BCUT2D eigenvalue weighted by atomic mass is 9.93. The Kier molecular flexibility index (Phi) is 5.18. The van der Waals surface area contributed by atoms with E-state index in [0.717, 1.165) is 5.76 Å². The van der Waals surface area contributed by atoms with Crippen molar-refractivity contribution in [2.24, 2.45) is 5.92 Å². The van der Waals surface area contributed by atoms with Gasteiger partial charge in [-0.05, 0) is 19.4 Å². The van der Waals surface area contributed by atoms with E-state index in [1.54, 1.807) is 20.1 Å². The van der Waals surface area contributed by atoms with Gasteiger partial charge in [-0.25, -0.2) is 0 Å². The van der Waals surface area contributed by atoms with E-state index in [2.05, 4.69) is 5.32 Å². The summed E-state index contributed by atoms with van der Waals surface area (Å²) < 4.78 is 10.7. The maximum Gasteiger partial charge on any atom is 0.255 e. The van der Waals surface area contributed by atoms with Crippen molar-refractivity contribution in [2.45, 2.75) is 57.8 Å². The number of furan rings is 1.